The molecule has 0 spiro atoms. The molecule has 18 heavy (non-hydrogen) atoms. The van der Waals surface area contributed by atoms with Crippen LogP contribution in [0.15, 0.2) is 18.6 Å². The van der Waals surface area contributed by atoms with Crippen molar-refractivity contribution in [2.24, 2.45) is 5.92 Å². The van der Waals surface area contributed by atoms with Crippen LogP contribution in [0.2, 0.25) is 0 Å². The van der Waals surface area contributed by atoms with Crippen LogP contribution in [0.5, 0.6) is 0 Å². The van der Waals surface area contributed by atoms with Crippen molar-refractivity contribution in [3.8, 4) is 0 Å². The van der Waals surface area contributed by atoms with E-state index >= 15 is 0 Å². The number of hydrogen-bond donors (Lipinski definition) is 1. The summed E-state index contributed by atoms with van der Waals surface area (Å²) in [6.45, 7) is 4.53. The van der Waals surface area contributed by atoms with Gasteiger partial charge in [-0.2, -0.15) is 0 Å². The van der Waals surface area contributed by atoms with Gasteiger partial charge in [-0.15, -0.1) is 0 Å². The molecular formula is C14H22N4. The van der Waals surface area contributed by atoms with E-state index in [2.05, 4.69) is 20.2 Å². The van der Waals surface area contributed by atoms with Gasteiger partial charge in [0.1, 0.15) is 0 Å². The minimum atomic E-state index is 0.681. The second kappa shape index (κ2) is 5.76. The summed E-state index contributed by atoms with van der Waals surface area (Å²) in [4.78, 5) is 11.1. The number of nitrogens with zero attached hydrogens (tertiary/aromatic N) is 3. The lowest BCUT2D eigenvalue weighted by atomic mass is 10.2. The summed E-state index contributed by atoms with van der Waals surface area (Å²) in [6, 6.07) is 0.681. The van der Waals surface area contributed by atoms with Crippen LogP contribution in [-0.4, -0.2) is 40.5 Å². The Hall–Kier alpha value is -1.00. The molecule has 1 N–H and O–H groups in total. The molecule has 0 radical (unpaired) electrons. The molecule has 1 aliphatic heterocycles. The van der Waals surface area contributed by atoms with Gasteiger partial charge in [0.25, 0.3) is 0 Å². The van der Waals surface area contributed by atoms with Crippen LogP contribution in [0, 0.1) is 5.92 Å². The van der Waals surface area contributed by atoms with Gasteiger partial charge in [0.2, 0.25) is 0 Å². The minimum absolute atomic E-state index is 0.681. The van der Waals surface area contributed by atoms with E-state index in [9.17, 15) is 0 Å². The van der Waals surface area contributed by atoms with Crippen molar-refractivity contribution in [2.75, 3.05) is 19.6 Å². The van der Waals surface area contributed by atoms with E-state index in [0.29, 0.717) is 6.04 Å². The molecule has 98 valence electrons. The highest BCUT2D eigenvalue weighted by Crippen LogP contribution is 2.30. The van der Waals surface area contributed by atoms with Crippen molar-refractivity contribution < 1.29 is 0 Å². The van der Waals surface area contributed by atoms with E-state index in [-0.39, 0.29) is 0 Å². The monoisotopic (exact) mass is 246 g/mol. The minimum Gasteiger partial charge on any atom is -0.313 e. The maximum absolute atomic E-state index is 4.40. The third-order valence-corrected chi connectivity index (χ3v) is 3.86. The summed E-state index contributed by atoms with van der Waals surface area (Å²) in [5.41, 5.74) is 1.09. The molecule has 3 rings (SSSR count). The molecule has 1 saturated heterocycles. The second-order valence-corrected chi connectivity index (χ2v) is 5.63. The molecule has 1 aromatic rings. The van der Waals surface area contributed by atoms with Crippen LogP contribution >= 0.6 is 0 Å². The molecule has 1 atom stereocenters. The predicted molar refractivity (Wildman–Crippen MR) is 71.1 cm³/mol. The average Bonchev–Trinajstić information content (AvgIpc) is 3.05. The van der Waals surface area contributed by atoms with Crippen LogP contribution in [-0.2, 0) is 6.54 Å². The molecule has 2 heterocycles. The van der Waals surface area contributed by atoms with Crippen LogP contribution < -0.4 is 5.32 Å². The molecule has 1 aliphatic carbocycles. The Balaban J connectivity index is 1.57. The second-order valence-electron chi connectivity index (χ2n) is 5.63. The van der Waals surface area contributed by atoms with E-state index in [4.69, 9.17) is 0 Å². The molecule has 0 amide bonds. The third kappa shape index (κ3) is 3.50. The summed E-state index contributed by atoms with van der Waals surface area (Å²) in [5, 5.41) is 3.59. The van der Waals surface area contributed by atoms with E-state index in [1.807, 2.05) is 6.20 Å². The van der Waals surface area contributed by atoms with Crippen molar-refractivity contribution in [1.82, 2.24) is 20.2 Å². The number of hydrogen-bond acceptors (Lipinski definition) is 4. The van der Waals surface area contributed by atoms with E-state index in [1.165, 1.54) is 38.8 Å². The first kappa shape index (κ1) is 12.1. The number of nitrogens with one attached hydrogen (secondary N) is 1. The zero-order chi connectivity index (χ0) is 12.2. The predicted octanol–water partition coefficient (Wildman–Crippen LogP) is 1.44. The molecule has 1 unspecified atom stereocenters. The van der Waals surface area contributed by atoms with Crippen molar-refractivity contribution in [2.45, 2.75) is 38.3 Å². The van der Waals surface area contributed by atoms with Gasteiger partial charge in [0.15, 0.2) is 0 Å². The molecular weight excluding hydrogens is 224 g/mol. The zero-order valence-corrected chi connectivity index (χ0v) is 10.9. The summed E-state index contributed by atoms with van der Waals surface area (Å²) in [7, 11) is 0. The van der Waals surface area contributed by atoms with Crippen molar-refractivity contribution >= 4 is 0 Å². The number of aromatic nitrogens is 2. The Kier molecular flexibility index (Phi) is 3.86. The SMILES string of the molecule is c1cnc(CN(CC2CC2)CC2CCCN2)cn1. The maximum Gasteiger partial charge on any atom is 0.0726 e. The highest BCUT2D eigenvalue weighted by molar-refractivity contribution is 4.95. The first-order chi connectivity index (χ1) is 8.90. The van der Waals surface area contributed by atoms with Gasteiger partial charge in [0, 0.05) is 44.3 Å². The lowest BCUT2D eigenvalue weighted by molar-refractivity contribution is 0.229. The van der Waals surface area contributed by atoms with Gasteiger partial charge < -0.3 is 5.32 Å². The van der Waals surface area contributed by atoms with Gasteiger partial charge in [-0.25, -0.2) is 0 Å². The summed E-state index contributed by atoms with van der Waals surface area (Å²) < 4.78 is 0. The Labute approximate surface area is 109 Å². The Morgan fingerprint density at radius 1 is 1.22 bits per heavy atom. The molecule has 4 nitrogen and oxygen atoms in total. The standard InChI is InChI=1S/C14H22N4/c1-2-13(16-5-1)10-18(9-12-3-4-12)11-14-8-15-6-7-17-14/h6-8,12-13,16H,1-5,9-11H2. The highest BCUT2D eigenvalue weighted by Gasteiger charge is 2.26. The summed E-state index contributed by atoms with van der Waals surface area (Å²) in [6.07, 6.45) is 10.9. The molecule has 0 bridgehead atoms. The lowest BCUT2D eigenvalue weighted by Crippen LogP contribution is -2.38. The largest absolute Gasteiger partial charge is 0.313 e. The first-order valence-electron chi connectivity index (χ1n) is 7.11. The average molecular weight is 246 g/mol. The van der Waals surface area contributed by atoms with Gasteiger partial charge in [-0.1, -0.05) is 0 Å². The van der Waals surface area contributed by atoms with Crippen LogP contribution in [0.4, 0.5) is 0 Å². The van der Waals surface area contributed by atoms with E-state index in [1.54, 1.807) is 12.4 Å². The zero-order valence-electron chi connectivity index (χ0n) is 10.9. The van der Waals surface area contributed by atoms with Gasteiger partial charge in [-0.3, -0.25) is 14.9 Å². The highest BCUT2D eigenvalue weighted by atomic mass is 15.2. The molecule has 4 heteroatoms. The molecule has 0 aromatic carbocycles. The molecule has 1 saturated carbocycles. The smallest absolute Gasteiger partial charge is 0.0726 e. The lowest BCUT2D eigenvalue weighted by Gasteiger charge is -2.25. The molecule has 2 fully saturated rings. The van der Waals surface area contributed by atoms with Gasteiger partial charge in [-0.05, 0) is 38.1 Å². The molecule has 1 aromatic heterocycles. The van der Waals surface area contributed by atoms with Crippen LogP contribution in [0.1, 0.15) is 31.4 Å². The molecule has 2 aliphatic rings. The Bertz CT molecular complexity index is 357. The fourth-order valence-corrected chi connectivity index (χ4v) is 2.73. The van der Waals surface area contributed by atoms with Crippen LogP contribution in [0.3, 0.4) is 0 Å². The van der Waals surface area contributed by atoms with E-state index < -0.39 is 0 Å². The first-order valence-corrected chi connectivity index (χ1v) is 7.11. The third-order valence-electron chi connectivity index (χ3n) is 3.86. The van der Waals surface area contributed by atoms with Crippen molar-refractivity contribution in [1.29, 1.82) is 0 Å². The quantitative estimate of drug-likeness (QED) is 0.824. The maximum atomic E-state index is 4.40. The summed E-state index contributed by atoms with van der Waals surface area (Å²) in [5.74, 6) is 0.933. The fraction of sp³-hybridized carbons (Fsp3) is 0.714. The van der Waals surface area contributed by atoms with Gasteiger partial charge in [0.05, 0.1) is 5.69 Å². The normalized spacial score (nSPS) is 23.7. The van der Waals surface area contributed by atoms with E-state index in [0.717, 1.165) is 24.7 Å². The van der Waals surface area contributed by atoms with Crippen LogP contribution in [0.25, 0.3) is 0 Å². The van der Waals surface area contributed by atoms with Crippen molar-refractivity contribution in [3.63, 3.8) is 0 Å². The topological polar surface area (TPSA) is 41.1 Å². The van der Waals surface area contributed by atoms with Crippen molar-refractivity contribution in [3.05, 3.63) is 24.3 Å². The summed E-state index contributed by atoms with van der Waals surface area (Å²) >= 11 is 0. The fourth-order valence-electron chi connectivity index (χ4n) is 2.73. The Morgan fingerprint density at radius 3 is 2.83 bits per heavy atom. The Morgan fingerprint density at radius 2 is 2.17 bits per heavy atom. The van der Waals surface area contributed by atoms with Gasteiger partial charge >= 0.3 is 0 Å². The number of rotatable bonds is 6.